The van der Waals surface area contributed by atoms with Crippen LogP contribution in [0.1, 0.15) is 0 Å². The summed E-state index contributed by atoms with van der Waals surface area (Å²) in [6.07, 6.45) is 3.59. The number of benzene rings is 1. The van der Waals surface area contributed by atoms with Crippen LogP contribution in [0.3, 0.4) is 0 Å². The first kappa shape index (κ1) is 9.93. The Morgan fingerprint density at radius 3 is 2.86 bits per heavy atom. The van der Waals surface area contributed by atoms with Gasteiger partial charge < -0.3 is 4.74 Å². The highest BCUT2D eigenvalue weighted by Crippen LogP contribution is 2.38. The van der Waals surface area contributed by atoms with Gasteiger partial charge in [0.2, 0.25) is 0 Å². The summed E-state index contributed by atoms with van der Waals surface area (Å²) in [5.41, 5.74) is 0. The highest BCUT2D eigenvalue weighted by Gasteiger charge is 2.09. The second-order valence-electron chi connectivity index (χ2n) is 2.80. The van der Waals surface area contributed by atoms with Crippen LogP contribution in [-0.2, 0) is 0 Å². The molecule has 0 fully saturated rings. The first-order valence-electron chi connectivity index (χ1n) is 3.99. The summed E-state index contributed by atoms with van der Waals surface area (Å²) >= 11 is 6.96. The molecule has 14 heavy (non-hydrogen) atoms. The molecule has 0 unspecified atom stereocenters. The lowest BCUT2D eigenvalue weighted by molar-refractivity contribution is 0.410. The predicted molar refractivity (Wildman–Crippen MR) is 63.7 cm³/mol. The Kier molecular flexibility index (Phi) is 2.74. The molecule has 0 bridgehead atoms. The first-order chi connectivity index (χ1) is 6.74. The van der Waals surface area contributed by atoms with Gasteiger partial charge in [0.25, 0.3) is 0 Å². The Hall–Kier alpha value is -0.610. The zero-order valence-corrected chi connectivity index (χ0v) is 10.6. The second kappa shape index (κ2) is 3.87. The molecule has 0 aliphatic carbocycles. The molecular formula is C10H7Br2NO. The maximum absolute atomic E-state index is 5.27. The van der Waals surface area contributed by atoms with Gasteiger partial charge in [-0.15, -0.1) is 0 Å². The third kappa shape index (κ3) is 1.53. The molecule has 0 N–H and O–H groups in total. The van der Waals surface area contributed by atoms with Gasteiger partial charge in [-0.2, -0.15) is 0 Å². The number of rotatable bonds is 1. The van der Waals surface area contributed by atoms with Gasteiger partial charge in [0.15, 0.2) is 0 Å². The fourth-order valence-corrected chi connectivity index (χ4v) is 2.95. The number of pyridine rings is 1. The van der Waals surface area contributed by atoms with Gasteiger partial charge in [0, 0.05) is 23.2 Å². The summed E-state index contributed by atoms with van der Waals surface area (Å²) in [6.45, 7) is 0. The number of ether oxygens (including phenoxy) is 1. The van der Waals surface area contributed by atoms with Crippen LogP contribution in [-0.4, -0.2) is 12.1 Å². The third-order valence-electron chi connectivity index (χ3n) is 1.99. The van der Waals surface area contributed by atoms with Gasteiger partial charge in [-0.3, -0.25) is 4.98 Å². The number of nitrogens with zero attached hydrogens (tertiary/aromatic N) is 1. The van der Waals surface area contributed by atoms with E-state index in [0.29, 0.717) is 0 Å². The maximum atomic E-state index is 5.27. The van der Waals surface area contributed by atoms with E-state index in [0.717, 1.165) is 25.5 Å². The van der Waals surface area contributed by atoms with Crippen molar-refractivity contribution in [3.63, 3.8) is 0 Å². The Morgan fingerprint density at radius 1 is 1.36 bits per heavy atom. The van der Waals surface area contributed by atoms with Crippen molar-refractivity contribution in [3.8, 4) is 5.75 Å². The van der Waals surface area contributed by atoms with Crippen molar-refractivity contribution >= 4 is 42.6 Å². The molecule has 2 rings (SSSR count). The molecule has 1 aromatic heterocycles. The normalized spacial score (nSPS) is 10.5. The molecule has 2 aromatic rings. The Morgan fingerprint density at radius 2 is 2.14 bits per heavy atom. The Balaban J connectivity index is 2.86. The number of fused-ring (bicyclic) bond motifs is 1. The molecule has 0 saturated carbocycles. The summed E-state index contributed by atoms with van der Waals surface area (Å²) in [6, 6.07) is 3.94. The van der Waals surface area contributed by atoms with Crippen LogP contribution >= 0.6 is 31.9 Å². The standard InChI is InChI=1S/C10H7Br2NO/c1-14-10-8(11)4-6-5-13-3-2-7(6)9(10)12/h2-5H,1H3. The van der Waals surface area contributed by atoms with Crippen molar-refractivity contribution in [3.05, 3.63) is 33.5 Å². The fraction of sp³-hybridized carbons (Fsp3) is 0.100. The number of hydrogen-bond donors (Lipinski definition) is 0. The average Bonchev–Trinajstić information content (AvgIpc) is 2.18. The van der Waals surface area contributed by atoms with E-state index in [1.165, 1.54) is 0 Å². The van der Waals surface area contributed by atoms with Crippen LogP contribution in [0.2, 0.25) is 0 Å². The molecule has 4 heteroatoms. The zero-order chi connectivity index (χ0) is 10.1. The second-order valence-corrected chi connectivity index (χ2v) is 4.45. The van der Waals surface area contributed by atoms with E-state index in [2.05, 4.69) is 36.8 Å². The van der Waals surface area contributed by atoms with Crippen molar-refractivity contribution in [2.75, 3.05) is 7.11 Å². The third-order valence-corrected chi connectivity index (χ3v) is 3.37. The molecule has 72 valence electrons. The molecule has 0 atom stereocenters. The lowest BCUT2D eigenvalue weighted by Gasteiger charge is -2.08. The van der Waals surface area contributed by atoms with E-state index in [4.69, 9.17) is 4.74 Å². The molecule has 0 aliphatic heterocycles. The minimum Gasteiger partial charge on any atom is -0.494 e. The number of methoxy groups -OCH3 is 1. The monoisotopic (exact) mass is 315 g/mol. The molecule has 0 aliphatic rings. The highest BCUT2D eigenvalue weighted by atomic mass is 79.9. The lowest BCUT2D eigenvalue weighted by atomic mass is 10.2. The largest absolute Gasteiger partial charge is 0.494 e. The Labute approximate surface area is 98.5 Å². The molecule has 1 aromatic carbocycles. The fourth-order valence-electron chi connectivity index (χ4n) is 1.34. The maximum Gasteiger partial charge on any atom is 0.147 e. The highest BCUT2D eigenvalue weighted by molar-refractivity contribution is 9.11. The molecule has 1 heterocycles. The van der Waals surface area contributed by atoms with Crippen LogP contribution in [0.15, 0.2) is 33.5 Å². The van der Waals surface area contributed by atoms with Crippen LogP contribution in [0.5, 0.6) is 5.75 Å². The van der Waals surface area contributed by atoms with E-state index >= 15 is 0 Å². The summed E-state index contributed by atoms with van der Waals surface area (Å²) in [5, 5.41) is 2.17. The van der Waals surface area contributed by atoms with Crippen LogP contribution in [0.4, 0.5) is 0 Å². The van der Waals surface area contributed by atoms with E-state index in [1.54, 1.807) is 13.3 Å². The van der Waals surface area contributed by atoms with E-state index < -0.39 is 0 Å². The minimum atomic E-state index is 0.809. The smallest absolute Gasteiger partial charge is 0.147 e. The van der Waals surface area contributed by atoms with Gasteiger partial charge in [-0.25, -0.2) is 0 Å². The van der Waals surface area contributed by atoms with Crippen molar-refractivity contribution < 1.29 is 4.74 Å². The van der Waals surface area contributed by atoms with E-state index in [-0.39, 0.29) is 0 Å². The SMILES string of the molecule is COc1c(Br)cc2cnccc2c1Br. The van der Waals surface area contributed by atoms with E-state index in [9.17, 15) is 0 Å². The number of hydrogen-bond acceptors (Lipinski definition) is 2. The van der Waals surface area contributed by atoms with Gasteiger partial charge >= 0.3 is 0 Å². The first-order valence-corrected chi connectivity index (χ1v) is 5.58. The van der Waals surface area contributed by atoms with Gasteiger partial charge in [-0.05, 0) is 44.0 Å². The van der Waals surface area contributed by atoms with Crippen molar-refractivity contribution in [1.82, 2.24) is 4.98 Å². The summed E-state index contributed by atoms with van der Waals surface area (Å²) in [4.78, 5) is 4.07. The molecule has 0 radical (unpaired) electrons. The number of halogens is 2. The van der Waals surface area contributed by atoms with Crippen molar-refractivity contribution in [2.24, 2.45) is 0 Å². The van der Waals surface area contributed by atoms with Gasteiger partial charge in [0.1, 0.15) is 5.75 Å². The zero-order valence-electron chi connectivity index (χ0n) is 7.42. The molecule has 0 spiro atoms. The topological polar surface area (TPSA) is 22.1 Å². The van der Waals surface area contributed by atoms with Crippen molar-refractivity contribution in [1.29, 1.82) is 0 Å². The van der Waals surface area contributed by atoms with Crippen molar-refractivity contribution in [2.45, 2.75) is 0 Å². The molecule has 2 nitrogen and oxygen atoms in total. The lowest BCUT2D eigenvalue weighted by Crippen LogP contribution is -1.87. The van der Waals surface area contributed by atoms with Crippen LogP contribution in [0.25, 0.3) is 10.8 Å². The molecule has 0 saturated heterocycles. The summed E-state index contributed by atoms with van der Waals surface area (Å²) in [5.74, 6) is 0.809. The van der Waals surface area contributed by atoms with Crippen LogP contribution in [0, 0.1) is 0 Å². The van der Waals surface area contributed by atoms with Crippen LogP contribution < -0.4 is 4.74 Å². The summed E-state index contributed by atoms with van der Waals surface area (Å²) in [7, 11) is 1.65. The minimum absolute atomic E-state index is 0.809. The molecular weight excluding hydrogens is 310 g/mol. The van der Waals surface area contributed by atoms with Gasteiger partial charge in [-0.1, -0.05) is 0 Å². The number of aromatic nitrogens is 1. The molecule has 0 amide bonds. The summed E-state index contributed by atoms with van der Waals surface area (Å²) < 4.78 is 7.14. The quantitative estimate of drug-likeness (QED) is 0.799. The predicted octanol–water partition coefficient (Wildman–Crippen LogP) is 3.77. The van der Waals surface area contributed by atoms with E-state index in [1.807, 2.05) is 18.3 Å². The Bertz CT molecular complexity index is 485. The average molecular weight is 317 g/mol. The van der Waals surface area contributed by atoms with Gasteiger partial charge in [0.05, 0.1) is 16.1 Å².